The van der Waals surface area contributed by atoms with E-state index in [1.54, 1.807) is 0 Å². The third kappa shape index (κ3) is 2.45. The van der Waals surface area contributed by atoms with Gasteiger partial charge in [0, 0.05) is 0 Å². The average molecular weight is 279 g/mol. The molecule has 1 atom stereocenters. The number of benzene rings is 2. The molecule has 3 rings (SSSR count). The van der Waals surface area contributed by atoms with Crippen molar-refractivity contribution in [1.82, 2.24) is 9.55 Å². The Kier molecular flexibility index (Phi) is 3.76. The zero-order valence-corrected chi connectivity index (χ0v) is 12.6. The van der Waals surface area contributed by atoms with Gasteiger partial charge in [0.2, 0.25) is 0 Å². The molecule has 2 N–H and O–H groups in total. The normalized spacial score (nSPS) is 12.7. The molecule has 0 bridgehead atoms. The number of nitrogens with two attached hydrogens (primary N) is 1. The number of hydrogen-bond donors (Lipinski definition) is 1. The molecule has 0 amide bonds. The van der Waals surface area contributed by atoms with Crippen molar-refractivity contribution in [3.8, 4) is 0 Å². The number of aryl methyl sites for hydroxylation is 1. The number of hydrogen-bond acceptors (Lipinski definition) is 2. The fraction of sp³-hybridized carbons (Fsp3) is 0.278. The van der Waals surface area contributed by atoms with Crippen molar-refractivity contribution in [2.24, 2.45) is 5.73 Å². The lowest BCUT2D eigenvalue weighted by Gasteiger charge is -2.17. The maximum Gasteiger partial charge on any atom is 0.124 e. The summed E-state index contributed by atoms with van der Waals surface area (Å²) < 4.78 is 2.25. The molecule has 3 aromatic rings. The van der Waals surface area contributed by atoms with E-state index in [4.69, 9.17) is 10.7 Å². The maximum absolute atomic E-state index is 5.92. The lowest BCUT2D eigenvalue weighted by Crippen LogP contribution is -2.13. The molecule has 2 aromatic carbocycles. The summed E-state index contributed by atoms with van der Waals surface area (Å²) in [6.07, 6.45) is 1.02. The van der Waals surface area contributed by atoms with E-state index in [9.17, 15) is 0 Å². The fourth-order valence-corrected chi connectivity index (χ4v) is 2.87. The summed E-state index contributed by atoms with van der Waals surface area (Å²) in [5, 5.41) is 0. The maximum atomic E-state index is 5.92. The SMILES string of the molecule is CCc1ccc2c(c1)nc(CN)n2C(C)c1ccccc1. The third-order valence-electron chi connectivity index (χ3n) is 4.09. The first-order valence-electron chi connectivity index (χ1n) is 7.49. The lowest BCUT2D eigenvalue weighted by atomic mass is 10.1. The van der Waals surface area contributed by atoms with Gasteiger partial charge in [-0.2, -0.15) is 0 Å². The molecule has 0 saturated heterocycles. The Morgan fingerprint density at radius 1 is 1.14 bits per heavy atom. The molecule has 1 unspecified atom stereocenters. The first kappa shape index (κ1) is 13.8. The Morgan fingerprint density at radius 3 is 2.57 bits per heavy atom. The van der Waals surface area contributed by atoms with Gasteiger partial charge in [-0.3, -0.25) is 0 Å². The molecule has 0 radical (unpaired) electrons. The van der Waals surface area contributed by atoms with Crippen LogP contribution < -0.4 is 5.73 Å². The van der Waals surface area contributed by atoms with Crippen LogP contribution in [0.2, 0.25) is 0 Å². The smallest absolute Gasteiger partial charge is 0.124 e. The second kappa shape index (κ2) is 5.70. The number of rotatable bonds is 4. The first-order chi connectivity index (χ1) is 10.2. The van der Waals surface area contributed by atoms with Gasteiger partial charge in [0.1, 0.15) is 5.82 Å². The van der Waals surface area contributed by atoms with Gasteiger partial charge in [0.15, 0.2) is 0 Å². The molecule has 0 fully saturated rings. The van der Waals surface area contributed by atoms with E-state index in [2.05, 4.69) is 60.9 Å². The third-order valence-corrected chi connectivity index (χ3v) is 4.09. The van der Waals surface area contributed by atoms with Crippen molar-refractivity contribution in [2.45, 2.75) is 32.9 Å². The van der Waals surface area contributed by atoms with Crippen LogP contribution in [-0.4, -0.2) is 9.55 Å². The highest BCUT2D eigenvalue weighted by molar-refractivity contribution is 5.77. The van der Waals surface area contributed by atoms with Crippen LogP contribution >= 0.6 is 0 Å². The number of aromatic nitrogens is 2. The molecule has 0 aliphatic carbocycles. The molecule has 0 spiro atoms. The molecule has 108 valence electrons. The lowest BCUT2D eigenvalue weighted by molar-refractivity contribution is 0.619. The number of imidazole rings is 1. The molecule has 0 aliphatic rings. The van der Waals surface area contributed by atoms with Crippen LogP contribution in [-0.2, 0) is 13.0 Å². The summed E-state index contributed by atoms with van der Waals surface area (Å²) in [6.45, 7) is 4.81. The quantitative estimate of drug-likeness (QED) is 0.792. The summed E-state index contributed by atoms with van der Waals surface area (Å²) in [6, 6.07) is 17.2. The van der Waals surface area contributed by atoms with Gasteiger partial charge >= 0.3 is 0 Å². The van der Waals surface area contributed by atoms with Crippen LogP contribution in [0.1, 0.15) is 36.8 Å². The van der Waals surface area contributed by atoms with Crippen molar-refractivity contribution >= 4 is 11.0 Å². The van der Waals surface area contributed by atoms with E-state index in [1.165, 1.54) is 11.1 Å². The van der Waals surface area contributed by atoms with Crippen molar-refractivity contribution in [2.75, 3.05) is 0 Å². The summed E-state index contributed by atoms with van der Waals surface area (Å²) in [7, 11) is 0. The van der Waals surface area contributed by atoms with Crippen molar-refractivity contribution in [3.63, 3.8) is 0 Å². The molecule has 3 nitrogen and oxygen atoms in total. The van der Waals surface area contributed by atoms with Crippen LogP contribution in [0.15, 0.2) is 48.5 Å². The van der Waals surface area contributed by atoms with E-state index in [-0.39, 0.29) is 6.04 Å². The predicted octanol–water partition coefficient (Wildman–Crippen LogP) is 3.67. The molecule has 1 heterocycles. The second-order valence-electron chi connectivity index (χ2n) is 5.37. The molecule has 21 heavy (non-hydrogen) atoms. The first-order valence-corrected chi connectivity index (χ1v) is 7.49. The Morgan fingerprint density at radius 2 is 1.90 bits per heavy atom. The summed E-state index contributed by atoms with van der Waals surface area (Å²) in [4.78, 5) is 4.72. The van der Waals surface area contributed by atoms with Gasteiger partial charge in [0.25, 0.3) is 0 Å². The Labute approximate surface area is 125 Å². The Bertz CT molecular complexity index is 744. The highest BCUT2D eigenvalue weighted by Crippen LogP contribution is 2.26. The zero-order valence-electron chi connectivity index (χ0n) is 12.6. The molecule has 1 aromatic heterocycles. The monoisotopic (exact) mass is 279 g/mol. The van der Waals surface area contributed by atoms with Gasteiger partial charge < -0.3 is 10.3 Å². The molecule has 0 aliphatic heterocycles. The molecular formula is C18H21N3. The minimum Gasteiger partial charge on any atom is -0.324 e. The van der Waals surface area contributed by atoms with Crippen LogP contribution in [0.4, 0.5) is 0 Å². The van der Waals surface area contributed by atoms with E-state index in [1.807, 2.05) is 6.07 Å². The van der Waals surface area contributed by atoms with E-state index in [0.717, 1.165) is 23.3 Å². The number of nitrogens with zero attached hydrogens (tertiary/aromatic N) is 2. The zero-order chi connectivity index (χ0) is 14.8. The highest BCUT2D eigenvalue weighted by atomic mass is 15.1. The predicted molar refractivity (Wildman–Crippen MR) is 87.3 cm³/mol. The Hall–Kier alpha value is -2.13. The minimum absolute atomic E-state index is 0.224. The van der Waals surface area contributed by atoms with Gasteiger partial charge in [0.05, 0.1) is 23.6 Å². The van der Waals surface area contributed by atoms with E-state index in [0.29, 0.717) is 6.54 Å². The summed E-state index contributed by atoms with van der Waals surface area (Å²) in [5.74, 6) is 0.939. The van der Waals surface area contributed by atoms with Gasteiger partial charge in [-0.1, -0.05) is 43.3 Å². The van der Waals surface area contributed by atoms with Gasteiger partial charge in [-0.15, -0.1) is 0 Å². The summed E-state index contributed by atoms with van der Waals surface area (Å²) >= 11 is 0. The van der Waals surface area contributed by atoms with E-state index >= 15 is 0 Å². The van der Waals surface area contributed by atoms with Crippen LogP contribution in [0.3, 0.4) is 0 Å². The van der Waals surface area contributed by atoms with Gasteiger partial charge in [-0.05, 0) is 36.6 Å². The standard InChI is InChI=1S/C18H21N3/c1-3-14-9-10-17-16(11-14)20-18(12-19)21(17)13(2)15-7-5-4-6-8-15/h4-11,13H,3,12,19H2,1-2H3. The van der Waals surface area contributed by atoms with Crippen molar-refractivity contribution in [1.29, 1.82) is 0 Å². The molecule has 3 heteroatoms. The topological polar surface area (TPSA) is 43.8 Å². The number of fused-ring (bicyclic) bond motifs is 1. The summed E-state index contributed by atoms with van der Waals surface area (Å²) in [5.41, 5.74) is 10.7. The average Bonchev–Trinajstić information content (AvgIpc) is 2.92. The molecular weight excluding hydrogens is 258 g/mol. The largest absolute Gasteiger partial charge is 0.324 e. The van der Waals surface area contributed by atoms with Crippen LogP contribution in [0, 0.1) is 0 Å². The van der Waals surface area contributed by atoms with Crippen LogP contribution in [0.25, 0.3) is 11.0 Å². The van der Waals surface area contributed by atoms with E-state index < -0.39 is 0 Å². The Balaban J connectivity index is 2.16. The van der Waals surface area contributed by atoms with Crippen molar-refractivity contribution in [3.05, 3.63) is 65.5 Å². The van der Waals surface area contributed by atoms with Crippen LogP contribution in [0.5, 0.6) is 0 Å². The highest BCUT2D eigenvalue weighted by Gasteiger charge is 2.16. The minimum atomic E-state index is 0.224. The fourth-order valence-electron chi connectivity index (χ4n) is 2.87. The molecule has 0 saturated carbocycles. The van der Waals surface area contributed by atoms with Gasteiger partial charge in [-0.25, -0.2) is 4.98 Å². The van der Waals surface area contributed by atoms with Crippen molar-refractivity contribution < 1.29 is 0 Å². The second-order valence-corrected chi connectivity index (χ2v) is 5.37.